The van der Waals surface area contributed by atoms with E-state index in [1.807, 2.05) is 22.6 Å². The van der Waals surface area contributed by atoms with Crippen LogP contribution in [0, 0.1) is 3.57 Å². The minimum Gasteiger partial charge on any atom is -0.394 e. The van der Waals surface area contributed by atoms with Gasteiger partial charge in [0.15, 0.2) is 11.9 Å². The molecular formula is C11H13IN4O5. The van der Waals surface area contributed by atoms with Crippen LogP contribution in [0.1, 0.15) is 6.23 Å². The van der Waals surface area contributed by atoms with Crippen molar-refractivity contribution in [2.75, 3.05) is 12.3 Å². The molecule has 0 spiro atoms. The predicted octanol–water partition coefficient (Wildman–Crippen LogP) is -1.48. The highest BCUT2D eigenvalue weighted by Gasteiger charge is 2.44. The van der Waals surface area contributed by atoms with E-state index >= 15 is 0 Å². The molecule has 1 saturated heterocycles. The number of hydrogen-bond acceptors (Lipinski definition) is 7. The molecule has 9 nitrogen and oxygen atoms in total. The first-order valence-electron chi connectivity index (χ1n) is 6.12. The number of aliphatic hydroxyl groups excluding tert-OH is 3. The molecule has 10 heteroatoms. The predicted molar refractivity (Wildman–Crippen MR) is 80.5 cm³/mol. The fourth-order valence-electron chi connectivity index (χ4n) is 2.43. The molecule has 1 unspecified atom stereocenters. The highest BCUT2D eigenvalue weighted by molar-refractivity contribution is 14.1. The van der Waals surface area contributed by atoms with Crippen molar-refractivity contribution >= 4 is 39.6 Å². The number of hydrogen-bond donors (Lipinski definition) is 5. The minimum atomic E-state index is -1.25. The quantitative estimate of drug-likeness (QED) is 0.381. The van der Waals surface area contributed by atoms with Crippen LogP contribution in [0.25, 0.3) is 11.0 Å². The summed E-state index contributed by atoms with van der Waals surface area (Å²) in [5, 5.41) is 29.3. The third kappa shape index (κ3) is 2.23. The van der Waals surface area contributed by atoms with Gasteiger partial charge in [0.1, 0.15) is 18.3 Å². The molecule has 0 amide bonds. The van der Waals surface area contributed by atoms with Crippen molar-refractivity contribution in [2.45, 2.75) is 24.5 Å². The average Bonchev–Trinajstić information content (AvgIpc) is 2.89. The van der Waals surface area contributed by atoms with Gasteiger partial charge in [-0.15, -0.1) is 0 Å². The molecule has 0 bridgehead atoms. The number of anilines is 1. The molecule has 6 N–H and O–H groups in total. The SMILES string of the molecule is Nc1nc2c(c(I)cn2[C@@H]2O[C@H](CO)[C@H](O)C2O)c(=O)[nH]1. The van der Waals surface area contributed by atoms with Gasteiger partial charge in [0.25, 0.3) is 5.56 Å². The van der Waals surface area contributed by atoms with Gasteiger partial charge < -0.3 is 30.4 Å². The molecule has 0 aliphatic carbocycles. The molecule has 1 aliphatic heterocycles. The summed E-state index contributed by atoms with van der Waals surface area (Å²) in [5.74, 6) is -0.0602. The van der Waals surface area contributed by atoms with Crippen molar-refractivity contribution in [2.24, 2.45) is 0 Å². The summed E-state index contributed by atoms with van der Waals surface area (Å²) < 4.78 is 7.48. The Kier molecular flexibility index (Phi) is 3.65. The van der Waals surface area contributed by atoms with E-state index in [0.29, 0.717) is 8.96 Å². The van der Waals surface area contributed by atoms with E-state index in [1.165, 1.54) is 4.57 Å². The Hall–Kier alpha value is -1.21. The van der Waals surface area contributed by atoms with E-state index in [4.69, 9.17) is 15.6 Å². The Morgan fingerprint density at radius 2 is 2.19 bits per heavy atom. The van der Waals surface area contributed by atoms with Crippen molar-refractivity contribution in [1.82, 2.24) is 14.5 Å². The summed E-state index contributed by atoms with van der Waals surface area (Å²) in [7, 11) is 0. The lowest BCUT2D eigenvalue weighted by molar-refractivity contribution is -0.0509. The van der Waals surface area contributed by atoms with Crippen LogP contribution in [0.3, 0.4) is 0 Å². The number of nitrogens with two attached hydrogens (primary N) is 1. The summed E-state index contributed by atoms with van der Waals surface area (Å²) in [6.07, 6.45) is -2.77. The van der Waals surface area contributed by atoms with Crippen molar-refractivity contribution in [1.29, 1.82) is 0 Å². The first kappa shape index (κ1) is 14.7. The van der Waals surface area contributed by atoms with Crippen LogP contribution in [-0.4, -0.2) is 54.8 Å². The van der Waals surface area contributed by atoms with E-state index in [0.717, 1.165) is 0 Å². The van der Waals surface area contributed by atoms with Crippen molar-refractivity contribution in [3.05, 3.63) is 20.1 Å². The molecule has 4 atom stereocenters. The van der Waals surface area contributed by atoms with Gasteiger partial charge in [-0.05, 0) is 22.6 Å². The molecule has 2 aromatic heterocycles. The second kappa shape index (κ2) is 5.21. The van der Waals surface area contributed by atoms with Gasteiger partial charge in [0.05, 0.1) is 12.0 Å². The van der Waals surface area contributed by atoms with Gasteiger partial charge in [-0.25, -0.2) is 0 Å². The Morgan fingerprint density at radius 3 is 2.81 bits per heavy atom. The molecule has 3 rings (SSSR count). The van der Waals surface area contributed by atoms with Crippen LogP contribution in [0.5, 0.6) is 0 Å². The van der Waals surface area contributed by atoms with E-state index in [-0.39, 0.29) is 11.6 Å². The second-order valence-corrected chi connectivity index (χ2v) is 5.93. The van der Waals surface area contributed by atoms with Gasteiger partial charge in [-0.3, -0.25) is 9.78 Å². The first-order valence-corrected chi connectivity index (χ1v) is 7.20. The Bertz CT molecular complexity index is 744. The maximum Gasteiger partial charge on any atom is 0.262 e. The molecule has 21 heavy (non-hydrogen) atoms. The largest absolute Gasteiger partial charge is 0.394 e. The van der Waals surface area contributed by atoms with Crippen LogP contribution < -0.4 is 11.3 Å². The number of nitrogens with one attached hydrogen (secondary N) is 1. The number of H-pyrrole nitrogens is 1. The van der Waals surface area contributed by atoms with E-state index in [1.54, 1.807) is 6.20 Å². The second-order valence-electron chi connectivity index (χ2n) is 4.76. The zero-order valence-corrected chi connectivity index (χ0v) is 12.8. The Labute approximate surface area is 131 Å². The number of fused-ring (bicyclic) bond motifs is 1. The maximum absolute atomic E-state index is 11.9. The summed E-state index contributed by atoms with van der Waals surface area (Å²) >= 11 is 1.96. The summed E-state index contributed by atoms with van der Waals surface area (Å²) in [6.45, 7) is -0.429. The van der Waals surface area contributed by atoms with Gasteiger partial charge in [0, 0.05) is 9.77 Å². The minimum absolute atomic E-state index is 0.0602. The first-order chi connectivity index (χ1) is 9.93. The van der Waals surface area contributed by atoms with Gasteiger partial charge in [-0.1, -0.05) is 0 Å². The zero-order valence-electron chi connectivity index (χ0n) is 10.6. The summed E-state index contributed by atoms with van der Waals surface area (Å²) in [4.78, 5) is 18.4. The number of nitrogens with zero attached hydrogens (tertiary/aromatic N) is 2. The number of aromatic nitrogens is 3. The standard InChI is InChI=1S/C11H13IN4O5/c12-3-1-16(8-5(3)9(20)15-11(13)14-8)10-7(19)6(18)4(2-17)21-10/h1,4,6-7,10,17-19H,2H2,(H3,13,14,15,20)/t4-,6+,7?,10-/m1/s1. The molecular weight excluding hydrogens is 395 g/mol. The Morgan fingerprint density at radius 1 is 1.48 bits per heavy atom. The number of ether oxygens (including phenoxy) is 1. The van der Waals surface area contributed by atoms with Crippen molar-refractivity contribution in [3.63, 3.8) is 0 Å². The monoisotopic (exact) mass is 408 g/mol. The number of halogens is 1. The van der Waals surface area contributed by atoms with Crippen LogP contribution in [-0.2, 0) is 4.74 Å². The maximum atomic E-state index is 11.9. The lowest BCUT2D eigenvalue weighted by atomic mass is 10.1. The molecule has 1 fully saturated rings. The van der Waals surface area contributed by atoms with E-state index in [2.05, 4.69) is 9.97 Å². The van der Waals surface area contributed by atoms with E-state index in [9.17, 15) is 15.0 Å². The van der Waals surface area contributed by atoms with E-state index < -0.39 is 36.7 Å². The van der Waals surface area contributed by atoms with Crippen LogP contribution in [0.15, 0.2) is 11.0 Å². The molecule has 114 valence electrons. The number of aliphatic hydroxyl groups is 3. The van der Waals surface area contributed by atoms with Gasteiger partial charge in [0.2, 0.25) is 5.95 Å². The summed E-state index contributed by atoms with van der Waals surface area (Å²) in [6, 6.07) is 0. The lowest BCUT2D eigenvalue weighted by Gasteiger charge is -2.17. The molecule has 3 heterocycles. The van der Waals surface area contributed by atoms with Gasteiger partial charge >= 0.3 is 0 Å². The molecule has 0 aromatic carbocycles. The molecule has 1 aliphatic rings. The fraction of sp³-hybridized carbons (Fsp3) is 0.455. The van der Waals surface area contributed by atoms with Crippen LogP contribution >= 0.6 is 22.6 Å². The highest BCUT2D eigenvalue weighted by atomic mass is 127. The molecule has 2 aromatic rings. The molecule has 0 saturated carbocycles. The highest BCUT2D eigenvalue weighted by Crippen LogP contribution is 2.32. The molecule has 0 radical (unpaired) electrons. The zero-order chi connectivity index (χ0) is 15.3. The normalized spacial score (nSPS) is 29.3. The smallest absolute Gasteiger partial charge is 0.262 e. The van der Waals surface area contributed by atoms with Crippen molar-refractivity contribution < 1.29 is 20.1 Å². The average molecular weight is 408 g/mol. The van der Waals surface area contributed by atoms with Crippen molar-refractivity contribution in [3.8, 4) is 0 Å². The number of rotatable bonds is 2. The van der Waals surface area contributed by atoms with Gasteiger partial charge in [-0.2, -0.15) is 4.98 Å². The number of nitrogen functional groups attached to an aromatic ring is 1. The topological polar surface area (TPSA) is 147 Å². The lowest BCUT2D eigenvalue weighted by Crippen LogP contribution is -2.33. The summed E-state index contributed by atoms with van der Waals surface area (Å²) in [5.41, 5.74) is 5.39. The third-order valence-corrected chi connectivity index (χ3v) is 4.26. The Balaban J connectivity index is 2.16. The van der Waals surface area contributed by atoms with Crippen LogP contribution in [0.4, 0.5) is 5.95 Å². The number of aromatic amines is 1. The fourth-order valence-corrected chi connectivity index (χ4v) is 3.22. The third-order valence-electron chi connectivity index (χ3n) is 3.45. The van der Waals surface area contributed by atoms with Crippen LogP contribution in [0.2, 0.25) is 0 Å².